The number of aryl methyl sites for hydroxylation is 1. The van der Waals surface area contributed by atoms with E-state index in [1.54, 1.807) is 7.11 Å². The second-order valence-electron chi connectivity index (χ2n) is 5.08. The third kappa shape index (κ3) is 8.17. The normalized spacial score (nSPS) is 11.3. The lowest BCUT2D eigenvalue weighted by Crippen LogP contribution is -2.38. The van der Waals surface area contributed by atoms with Crippen LogP contribution in [0.2, 0.25) is 0 Å². The lowest BCUT2D eigenvalue weighted by molar-refractivity contribution is 0.414. The summed E-state index contributed by atoms with van der Waals surface area (Å²) < 4.78 is 5.24. The van der Waals surface area contributed by atoms with Gasteiger partial charge in [0.1, 0.15) is 5.75 Å². The summed E-state index contributed by atoms with van der Waals surface area (Å²) in [6.45, 7) is 1.90. The van der Waals surface area contributed by atoms with Gasteiger partial charge in [-0.25, -0.2) is 0 Å². The van der Waals surface area contributed by atoms with Crippen molar-refractivity contribution in [2.75, 3.05) is 39.3 Å². The predicted molar refractivity (Wildman–Crippen MR) is 98.3 cm³/mol. The molecule has 0 atom stereocenters. The molecule has 5 heteroatoms. The van der Waals surface area contributed by atoms with E-state index in [9.17, 15) is 0 Å². The standard InChI is InChI=1S/C17H29N3OS/c1-18-17(19-11-4-5-13-22-3)20-12-7-9-15-8-6-10-16(14-15)21-2/h6,8,10,14H,4-5,7,9,11-13H2,1-3H3,(H2,18,19,20). The molecule has 0 saturated carbocycles. The number of unbranched alkanes of at least 4 members (excludes halogenated alkanes) is 1. The van der Waals surface area contributed by atoms with Crippen molar-refractivity contribution >= 4 is 17.7 Å². The quantitative estimate of drug-likeness (QED) is 0.395. The van der Waals surface area contributed by atoms with Crippen LogP contribution < -0.4 is 15.4 Å². The summed E-state index contributed by atoms with van der Waals surface area (Å²) in [4.78, 5) is 4.25. The molecule has 0 unspecified atom stereocenters. The zero-order valence-corrected chi connectivity index (χ0v) is 14.8. The van der Waals surface area contributed by atoms with Gasteiger partial charge in [-0.1, -0.05) is 12.1 Å². The van der Waals surface area contributed by atoms with E-state index in [1.165, 1.54) is 24.2 Å². The number of hydrogen-bond acceptors (Lipinski definition) is 3. The number of methoxy groups -OCH3 is 1. The first-order chi connectivity index (χ1) is 10.8. The summed E-state index contributed by atoms with van der Waals surface area (Å²) in [6, 6.07) is 8.25. The Morgan fingerprint density at radius 3 is 2.64 bits per heavy atom. The fraction of sp³-hybridized carbons (Fsp3) is 0.588. The first-order valence-corrected chi connectivity index (χ1v) is 9.26. The van der Waals surface area contributed by atoms with Gasteiger partial charge in [-0.2, -0.15) is 11.8 Å². The van der Waals surface area contributed by atoms with Gasteiger partial charge < -0.3 is 15.4 Å². The van der Waals surface area contributed by atoms with Crippen LogP contribution in [0.1, 0.15) is 24.8 Å². The monoisotopic (exact) mass is 323 g/mol. The Balaban J connectivity index is 2.16. The van der Waals surface area contributed by atoms with Crippen LogP contribution in [0.15, 0.2) is 29.3 Å². The third-order valence-electron chi connectivity index (χ3n) is 3.36. The van der Waals surface area contributed by atoms with Crippen LogP contribution in [0.4, 0.5) is 0 Å². The molecule has 0 bridgehead atoms. The Hall–Kier alpha value is -1.36. The number of nitrogens with one attached hydrogen (secondary N) is 2. The lowest BCUT2D eigenvalue weighted by atomic mass is 10.1. The van der Waals surface area contributed by atoms with E-state index in [2.05, 4.69) is 34.0 Å². The van der Waals surface area contributed by atoms with Crippen LogP contribution in [0.25, 0.3) is 0 Å². The van der Waals surface area contributed by atoms with Gasteiger partial charge in [-0.15, -0.1) is 0 Å². The average Bonchev–Trinajstić information content (AvgIpc) is 2.56. The molecular weight excluding hydrogens is 294 g/mol. The Labute approximate surface area is 139 Å². The molecular formula is C17H29N3OS. The maximum Gasteiger partial charge on any atom is 0.190 e. The summed E-state index contributed by atoms with van der Waals surface area (Å²) in [5.74, 6) is 3.05. The fourth-order valence-electron chi connectivity index (χ4n) is 2.13. The molecule has 0 radical (unpaired) electrons. The SMILES string of the molecule is CN=C(NCCCCSC)NCCCc1cccc(OC)c1. The predicted octanol–water partition coefficient (Wildman–Crippen LogP) is 2.94. The Morgan fingerprint density at radius 1 is 1.18 bits per heavy atom. The van der Waals surface area contributed by atoms with Gasteiger partial charge in [0, 0.05) is 20.1 Å². The number of rotatable bonds is 10. The Morgan fingerprint density at radius 2 is 1.95 bits per heavy atom. The van der Waals surface area contributed by atoms with Crippen LogP contribution in [0, 0.1) is 0 Å². The molecule has 0 aliphatic heterocycles. The maximum atomic E-state index is 5.24. The summed E-state index contributed by atoms with van der Waals surface area (Å²) in [7, 11) is 3.52. The Bertz CT molecular complexity index is 438. The number of hydrogen-bond donors (Lipinski definition) is 2. The first-order valence-electron chi connectivity index (χ1n) is 7.86. The molecule has 1 aromatic carbocycles. The molecule has 1 rings (SSSR count). The number of ether oxygens (including phenoxy) is 1. The zero-order chi connectivity index (χ0) is 16.0. The van der Waals surface area contributed by atoms with E-state index in [0.717, 1.165) is 37.6 Å². The second-order valence-corrected chi connectivity index (χ2v) is 6.07. The fourth-order valence-corrected chi connectivity index (χ4v) is 2.62. The second kappa shape index (κ2) is 12.2. The molecule has 0 aromatic heterocycles. The van der Waals surface area contributed by atoms with Crippen molar-refractivity contribution < 1.29 is 4.74 Å². The van der Waals surface area contributed by atoms with Crippen molar-refractivity contribution in [3.63, 3.8) is 0 Å². The van der Waals surface area contributed by atoms with E-state index >= 15 is 0 Å². The minimum Gasteiger partial charge on any atom is -0.497 e. The maximum absolute atomic E-state index is 5.24. The average molecular weight is 324 g/mol. The molecule has 0 heterocycles. The highest BCUT2D eigenvalue weighted by Crippen LogP contribution is 2.13. The number of benzene rings is 1. The molecule has 124 valence electrons. The molecule has 2 N–H and O–H groups in total. The van der Waals surface area contributed by atoms with Crippen molar-refractivity contribution in [1.29, 1.82) is 0 Å². The van der Waals surface area contributed by atoms with Gasteiger partial charge in [0.05, 0.1) is 7.11 Å². The molecule has 0 spiro atoms. The van der Waals surface area contributed by atoms with Gasteiger partial charge in [0.25, 0.3) is 0 Å². The first kappa shape index (κ1) is 18.7. The minimum atomic E-state index is 0.898. The van der Waals surface area contributed by atoms with Crippen LogP contribution in [0.3, 0.4) is 0 Å². The van der Waals surface area contributed by atoms with E-state index < -0.39 is 0 Å². The van der Waals surface area contributed by atoms with Crippen LogP contribution in [0.5, 0.6) is 5.75 Å². The van der Waals surface area contributed by atoms with Crippen molar-refractivity contribution in [1.82, 2.24) is 10.6 Å². The van der Waals surface area contributed by atoms with E-state index in [1.807, 2.05) is 30.9 Å². The lowest BCUT2D eigenvalue weighted by Gasteiger charge is -2.11. The largest absolute Gasteiger partial charge is 0.497 e. The Kier molecular flexibility index (Phi) is 10.4. The summed E-state index contributed by atoms with van der Waals surface area (Å²) in [5.41, 5.74) is 1.31. The van der Waals surface area contributed by atoms with Gasteiger partial charge >= 0.3 is 0 Å². The topological polar surface area (TPSA) is 45.7 Å². The molecule has 4 nitrogen and oxygen atoms in total. The van der Waals surface area contributed by atoms with Crippen molar-refractivity contribution in [3.05, 3.63) is 29.8 Å². The minimum absolute atomic E-state index is 0.898. The van der Waals surface area contributed by atoms with Crippen molar-refractivity contribution in [3.8, 4) is 5.75 Å². The highest BCUT2D eigenvalue weighted by Gasteiger charge is 1.99. The summed E-state index contributed by atoms with van der Waals surface area (Å²) in [6.07, 6.45) is 6.69. The third-order valence-corrected chi connectivity index (χ3v) is 4.06. The number of nitrogens with zero attached hydrogens (tertiary/aromatic N) is 1. The van der Waals surface area contributed by atoms with Crippen LogP contribution in [-0.4, -0.2) is 45.2 Å². The van der Waals surface area contributed by atoms with E-state index in [0.29, 0.717) is 0 Å². The van der Waals surface area contributed by atoms with E-state index in [4.69, 9.17) is 4.74 Å². The van der Waals surface area contributed by atoms with Gasteiger partial charge in [-0.3, -0.25) is 4.99 Å². The molecule has 0 aliphatic carbocycles. The van der Waals surface area contributed by atoms with Crippen molar-refractivity contribution in [2.45, 2.75) is 25.7 Å². The molecule has 0 amide bonds. The van der Waals surface area contributed by atoms with Gasteiger partial charge in [0.2, 0.25) is 0 Å². The van der Waals surface area contributed by atoms with E-state index in [-0.39, 0.29) is 0 Å². The summed E-state index contributed by atoms with van der Waals surface area (Å²) in [5, 5.41) is 6.72. The molecule has 0 saturated heterocycles. The highest BCUT2D eigenvalue weighted by atomic mass is 32.2. The molecule has 0 aliphatic rings. The number of aliphatic imine (C=N–C) groups is 1. The molecule has 1 aromatic rings. The zero-order valence-electron chi connectivity index (χ0n) is 14.0. The smallest absolute Gasteiger partial charge is 0.190 e. The van der Waals surface area contributed by atoms with Gasteiger partial charge in [0.15, 0.2) is 5.96 Å². The van der Waals surface area contributed by atoms with Crippen LogP contribution in [-0.2, 0) is 6.42 Å². The van der Waals surface area contributed by atoms with Crippen LogP contribution >= 0.6 is 11.8 Å². The molecule has 22 heavy (non-hydrogen) atoms. The van der Waals surface area contributed by atoms with Crippen molar-refractivity contribution in [2.24, 2.45) is 4.99 Å². The molecule has 0 fully saturated rings. The number of guanidine groups is 1. The summed E-state index contributed by atoms with van der Waals surface area (Å²) >= 11 is 1.90. The number of thioether (sulfide) groups is 1. The van der Waals surface area contributed by atoms with Gasteiger partial charge in [-0.05, 0) is 55.4 Å². The highest BCUT2D eigenvalue weighted by molar-refractivity contribution is 7.98.